The highest BCUT2D eigenvalue weighted by Crippen LogP contribution is 2.45. The van der Waals surface area contributed by atoms with E-state index < -0.39 is 29.6 Å². The average Bonchev–Trinajstić information content (AvgIpc) is 2.83. The highest BCUT2D eigenvalue weighted by atomic mass is 19.4. The number of halogens is 3. The Labute approximate surface area is 128 Å². The quantitative estimate of drug-likeness (QED) is 0.859. The summed E-state index contributed by atoms with van der Waals surface area (Å²) in [7, 11) is 1.15. The van der Waals surface area contributed by atoms with Crippen LogP contribution in [0.5, 0.6) is 0 Å². The monoisotopic (exact) mass is 324 g/mol. The normalized spacial score (nSPS) is 33.8. The van der Waals surface area contributed by atoms with Crippen molar-refractivity contribution >= 4 is 5.91 Å². The zero-order valence-electron chi connectivity index (χ0n) is 13.3. The van der Waals surface area contributed by atoms with E-state index >= 15 is 0 Å². The SMILES string of the molecule is CCCCC12OC(C)(C)OC1CNC2N(C)C(=O)C(F)(F)F. The first kappa shape index (κ1) is 17.5. The first-order valence-corrected chi connectivity index (χ1v) is 7.49. The molecule has 0 bridgehead atoms. The van der Waals surface area contributed by atoms with Crippen LogP contribution in [0, 0.1) is 0 Å². The molecule has 0 spiro atoms. The summed E-state index contributed by atoms with van der Waals surface area (Å²) in [5.41, 5.74) is -0.949. The fraction of sp³-hybridized carbons (Fsp3) is 0.929. The molecule has 0 aromatic carbocycles. The maximum absolute atomic E-state index is 12.7. The van der Waals surface area contributed by atoms with Gasteiger partial charge in [0.25, 0.3) is 0 Å². The lowest BCUT2D eigenvalue weighted by atomic mass is 9.90. The van der Waals surface area contributed by atoms with Gasteiger partial charge < -0.3 is 14.4 Å². The minimum Gasteiger partial charge on any atom is -0.343 e. The van der Waals surface area contributed by atoms with E-state index in [0.29, 0.717) is 17.9 Å². The summed E-state index contributed by atoms with van der Waals surface area (Å²) in [5.74, 6) is -2.75. The fourth-order valence-corrected chi connectivity index (χ4v) is 3.41. The van der Waals surface area contributed by atoms with Gasteiger partial charge in [0.05, 0.1) is 0 Å². The van der Waals surface area contributed by atoms with Gasteiger partial charge >= 0.3 is 12.1 Å². The Bertz CT molecular complexity index is 442. The molecule has 2 aliphatic rings. The van der Waals surface area contributed by atoms with Gasteiger partial charge in [0.1, 0.15) is 17.9 Å². The molecule has 0 aliphatic carbocycles. The predicted octanol–water partition coefficient (Wildman–Crippen LogP) is 2.02. The molecule has 2 rings (SSSR count). The Morgan fingerprint density at radius 2 is 2.05 bits per heavy atom. The van der Waals surface area contributed by atoms with Crippen LogP contribution in [0.3, 0.4) is 0 Å². The lowest BCUT2D eigenvalue weighted by Crippen LogP contribution is -2.60. The lowest BCUT2D eigenvalue weighted by molar-refractivity contribution is -0.202. The number of fused-ring (bicyclic) bond motifs is 1. The van der Waals surface area contributed by atoms with Crippen molar-refractivity contribution in [2.45, 2.75) is 69.9 Å². The van der Waals surface area contributed by atoms with Gasteiger partial charge in [0, 0.05) is 13.6 Å². The van der Waals surface area contributed by atoms with E-state index in [0.717, 1.165) is 19.9 Å². The minimum atomic E-state index is -4.91. The number of hydrogen-bond donors (Lipinski definition) is 1. The van der Waals surface area contributed by atoms with Crippen molar-refractivity contribution in [2.24, 2.45) is 0 Å². The van der Waals surface area contributed by atoms with Gasteiger partial charge in [0.15, 0.2) is 5.79 Å². The molecule has 0 radical (unpaired) electrons. The van der Waals surface area contributed by atoms with Gasteiger partial charge in [-0.15, -0.1) is 0 Å². The largest absolute Gasteiger partial charge is 0.471 e. The second-order valence-corrected chi connectivity index (χ2v) is 6.39. The zero-order chi connectivity index (χ0) is 16.8. The number of rotatable bonds is 4. The van der Waals surface area contributed by atoms with E-state index in [4.69, 9.17) is 9.47 Å². The maximum Gasteiger partial charge on any atom is 0.471 e. The highest BCUT2D eigenvalue weighted by molar-refractivity contribution is 5.82. The molecule has 0 aromatic rings. The van der Waals surface area contributed by atoms with Crippen LogP contribution in [-0.4, -0.2) is 54.2 Å². The molecule has 5 nitrogen and oxygen atoms in total. The summed E-state index contributed by atoms with van der Waals surface area (Å²) in [6.07, 6.45) is -3.95. The Morgan fingerprint density at radius 1 is 1.41 bits per heavy atom. The van der Waals surface area contributed by atoms with E-state index in [1.165, 1.54) is 0 Å². The second-order valence-electron chi connectivity index (χ2n) is 6.39. The number of nitrogens with zero attached hydrogens (tertiary/aromatic N) is 1. The van der Waals surface area contributed by atoms with Gasteiger partial charge in [-0.05, 0) is 20.3 Å². The zero-order valence-corrected chi connectivity index (χ0v) is 13.3. The molecule has 1 amide bonds. The van der Waals surface area contributed by atoms with Gasteiger partial charge in [-0.3, -0.25) is 10.1 Å². The molecule has 3 unspecified atom stereocenters. The highest BCUT2D eigenvalue weighted by Gasteiger charge is 2.63. The predicted molar refractivity (Wildman–Crippen MR) is 72.9 cm³/mol. The molecular weight excluding hydrogens is 301 g/mol. The van der Waals surface area contributed by atoms with Crippen molar-refractivity contribution in [3.8, 4) is 0 Å². The van der Waals surface area contributed by atoms with Crippen LogP contribution >= 0.6 is 0 Å². The van der Waals surface area contributed by atoms with Crippen LogP contribution in [0.25, 0.3) is 0 Å². The molecule has 2 fully saturated rings. The number of nitrogens with one attached hydrogen (secondary N) is 1. The summed E-state index contributed by atoms with van der Waals surface area (Å²) >= 11 is 0. The Kier molecular flexibility index (Phi) is 4.49. The second kappa shape index (κ2) is 5.65. The first-order chi connectivity index (χ1) is 10.0. The summed E-state index contributed by atoms with van der Waals surface area (Å²) in [6, 6.07) is 0. The third kappa shape index (κ3) is 2.96. The van der Waals surface area contributed by atoms with Crippen molar-refractivity contribution < 1.29 is 27.4 Å². The van der Waals surface area contributed by atoms with E-state index in [2.05, 4.69) is 5.32 Å². The van der Waals surface area contributed by atoms with Gasteiger partial charge in [-0.25, -0.2) is 0 Å². The first-order valence-electron chi connectivity index (χ1n) is 7.49. The molecule has 3 atom stereocenters. The van der Waals surface area contributed by atoms with Gasteiger partial charge in [-0.2, -0.15) is 13.2 Å². The van der Waals surface area contributed by atoms with Crippen molar-refractivity contribution in [2.75, 3.05) is 13.6 Å². The number of carbonyl (C=O) groups is 1. The number of likely N-dealkylation sites (N-methyl/N-ethyl adjacent to an activating group) is 1. The molecule has 8 heteroatoms. The molecule has 2 aliphatic heterocycles. The summed E-state index contributed by atoms with van der Waals surface area (Å²) in [5, 5.41) is 2.95. The van der Waals surface area contributed by atoms with Crippen LogP contribution in [-0.2, 0) is 14.3 Å². The smallest absolute Gasteiger partial charge is 0.343 e. The van der Waals surface area contributed by atoms with E-state index in [1.54, 1.807) is 13.8 Å². The van der Waals surface area contributed by atoms with E-state index in [9.17, 15) is 18.0 Å². The Morgan fingerprint density at radius 3 is 2.59 bits per heavy atom. The number of carbonyl (C=O) groups excluding carboxylic acids is 1. The molecule has 2 heterocycles. The average molecular weight is 324 g/mol. The van der Waals surface area contributed by atoms with Crippen LogP contribution < -0.4 is 5.32 Å². The topological polar surface area (TPSA) is 50.8 Å². The third-order valence-corrected chi connectivity index (χ3v) is 4.24. The fourth-order valence-electron chi connectivity index (χ4n) is 3.41. The van der Waals surface area contributed by atoms with Crippen molar-refractivity contribution in [1.82, 2.24) is 10.2 Å². The molecule has 0 saturated carbocycles. The standard InChI is InChI=1S/C14H23F3N2O3/c1-5-6-7-13-9(21-12(2,3)22-13)8-18-10(13)19(4)11(20)14(15,16)17/h9-10,18H,5-8H2,1-4H3. The molecule has 2 saturated heterocycles. The number of alkyl halides is 3. The molecule has 1 N–H and O–H groups in total. The summed E-state index contributed by atoms with van der Waals surface area (Å²) < 4.78 is 50.0. The number of amides is 1. The third-order valence-electron chi connectivity index (χ3n) is 4.24. The van der Waals surface area contributed by atoms with Crippen LogP contribution in [0.15, 0.2) is 0 Å². The van der Waals surface area contributed by atoms with Crippen LogP contribution in [0.1, 0.15) is 40.0 Å². The minimum absolute atomic E-state index is 0.354. The van der Waals surface area contributed by atoms with E-state index in [1.807, 2.05) is 6.92 Å². The summed E-state index contributed by atoms with van der Waals surface area (Å²) in [4.78, 5) is 12.3. The molecule has 128 valence electrons. The van der Waals surface area contributed by atoms with Gasteiger partial charge in [0.2, 0.25) is 0 Å². The molecule has 0 aromatic heterocycles. The number of unbranched alkanes of at least 4 members (excludes halogenated alkanes) is 1. The maximum atomic E-state index is 12.7. The van der Waals surface area contributed by atoms with Crippen molar-refractivity contribution in [1.29, 1.82) is 0 Å². The van der Waals surface area contributed by atoms with Crippen molar-refractivity contribution in [3.63, 3.8) is 0 Å². The van der Waals surface area contributed by atoms with Crippen LogP contribution in [0.4, 0.5) is 13.2 Å². The van der Waals surface area contributed by atoms with Crippen molar-refractivity contribution in [3.05, 3.63) is 0 Å². The number of ether oxygens (including phenoxy) is 2. The van der Waals surface area contributed by atoms with Gasteiger partial charge in [-0.1, -0.05) is 19.8 Å². The molecule has 22 heavy (non-hydrogen) atoms. The molecular formula is C14H23F3N2O3. The summed E-state index contributed by atoms with van der Waals surface area (Å²) in [6.45, 7) is 5.82. The lowest BCUT2D eigenvalue weighted by Gasteiger charge is -2.39. The van der Waals surface area contributed by atoms with Crippen LogP contribution in [0.2, 0.25) is 0 Å². The number of hydrogen-bond acceptors (Lipinski definition) is 4. The Balaban J connectivity index is 2.28. The van der Waals surface area contributed by atoms with E-state index in [-0.39, 0.29) is 6.10 Å². The Hall–Kier alpha value is -0.860.